The van der Waals surface area contributed by atoms with Crippen molar-refractivity contribution in [3.63, 3.8) is 0 Å². The van der Waals surface area contributed by atoms with E-state index in [1.54, 1.807) is 42.5 Å². The van der Waals surface area contributed by atoms with Crippen molar-refractivity contribution >= 4 is 29.6 Å². The van der Waals surface area contributed by atoms with E-state index in [-0.39, 0.29) is 11.3 Å². The van der Waals surface area contributed by atoms with Crippen molar-refractivity contribution in [2.24, 2.45) is 0 Å². The van der Waals surface area contributed by atoms with E-state index in [9.17, 15) is 19.5 Å². The number of para-hydroxylation sites is 1. The van der Waals surface area contributed by atoms with E-state index in [4.69, 9.17) is 9.47 Å². The number of hydrogen-bond donors (Lipinski definition) is 2. The summed E-state index contributed by atoms with van der Waals surface area (Å²) in [5.74, 6) is -0.739. The van der Waals surface area contributed by atoms with Gasteiger partial charge < -0.3 is 19.9 Å². The molecule has 7 nitrogen and oxygen atoms in total. The Kier molecular flexibility index (Phi) is 6.80. The molecule has 0 atom stereocenters. The van der Waals surface area contributed by atoms with Crippen LogP contribution in [-0.2, 0) is 9.59 Å². The number of anilines is 1. The van der Waals surface area contributed by atoms with E-state index in [2.05, 4.69) is 5.32 Å². The van der Waals surface area contributed by atoms with E-state index in [1.807, 2.05) is 18.2 Å². The number of esters is 1. The molecule has 3 rings (SSSR count). The van der Waals surface area contributed by atoms with Gasteiger partial charge in [-0.05, 0) is 48.0 Å². The summed E-state index contributed by atoms with van der Waals surface area (Å²) in [6, 6.07) is 19.9. The smallest absolute Gasteiger partial charge is 0.337 e. The van der Waals surface area contributed by atoms with Gasteiger partial charge in [0.05, 0.1) is 11.3 Å². The first kappa shape index (κ1) is 21.3. The van der Waals surface area contributed by atoms with Gasteiger partial charge in [0.15, 0.2) is 0 Å². The van der Waals surface area contributed by atoms with Crippen LogP contribution in [0.2, 0.25) is 0 Å². The number of carbonyl (C=O) groups excluding carboxylic acids is 2. The quantitative estimate of drug-likeness (QED) is 0.327. The lowest BCUT2D eigenvalue weighted by Gasteiger charge is -2.11. The third kappa shape index (κ3) is 6.30. The maximum atomic E-state index is 12.3. The minimum Gasteiger partial charge on any atom is -0.478 e. The second kappa shape index (κ2) is 9.89. The first-order valence-corrected chi connectivity index (χ1v) is 9.28. The van der Waals surface area contributed by atoms with Crippen LogP contribution in [0.5, 0.6) is 17.2 Å². The fraction of sp³-hybridized carbons (Fsp3) is 0.0417. The number of benzene rings is 3. The third-order valence-corrected chi connectivity index (χ3v) is 4.03. The highest BCUT2D eigenvalue weighted by Crippen LogP contribution is 2.27. The molecule has 0 bridgehead atoms. The minimum absolute atomic E-state index is 0.0621. The number of hydrogen-bond acceptors (Lipinski definition) is 5. The second-order valence-electron chi connectivity index (χ2n) is 6.41. The molecule has 0 aliphatic rings. The van der Waals surface area contributed by atoms with Crippen LogP contribution >= 0.6 is 0 Å². The summed E-state index contributed by atoms with van der Waals surface area (Å²) in [4.78, 5) is 34.8. The lowest BCUT2D eigenvalue weighted by atomic mass is 10.1. The molecule has 2 N–H and O–H groups in total. The SMILES string of the molecule is CC(=O)Oc1ccc(/C=C/C(=O)Nc2cc(Oc3ccccc3)ccc2C(=O)O)cc1. The molecule has 0 spiro atoms. The van der Waals surface area contributed by atoms with Crippen LogP contribution in [0.4, 0.5) is 5.69 Å². The fourth-order valence-electron chi connectivity index (χ4n) is 2.66. The third-order valence-electron chi connectivity index (χ3n) is 4.03. The number of rotatable bonds is 7. The first-order chi connectivity index (χ1) is 14.9. The molecule has 3 aromatic carbocycles. The van der Waals surface area contributed by atoms with Gasteiger partial charge in [-0.3, -0.25) is 9.59 Å². The number of aromatic carboxylic acids is 1. The van der Waals surface area contributed by atoms with Crippen LogP contribution in [0.3, 0.4) is 0 Å². The molecular weight excluding hydrogens is 398 g/mol. The number of ether oxygens (including phenoxy) is 2. The molecule has 0 unspecified atom stereocenters. The van der Waals surface area contributed by atoms with E-state index < -0.39 is 17.8 Å². The standard InChI is InChI=1S/C24H19NO6/c1-16(26)30-19-10-7-17(8-11-19)9-14-23(27)25-22-15-20(12-13-21(22)24(28)29)31-18-5-3-2-4-6-18/h2-15H,1H3,(H,25,27)(H,28,29)/b14-9+. The van der Waals surface area contributed by atoms with Crippen LogP contribution in [0.15, 0.2) is 78.9 Å². The van der Waals surface area contributed by atoms with E-state index in [0.29, 0.717) is 22.8 Å². The zero-order valence-electron chi connectivity index (χ0n) is 16.6. The van der Waals surface area contributed by atoms with Crippen LogP contribution in [0.1, 0.15) is 22.8 Å². The largest absolute Gasteiger partial charge is 0.478 e. The highest BCUT2D eigenvalue weighted by Gasteiger charge is 2.13. The molecule has 0 radical (unpaired) electrons. The summed E-state index contributed by atoms with van der Waals surface area (Å²) < 4.78 is 10.7. The monoisotopic (exact) mass is 417 g/mol. The van der Waals surface area contributed by atoms with Crippen molar-refractivity contribution in [1.29, 1.82) is 0 Å². The van der Waals surface area contributed by atoms with E-state index >= 15 is 0 Å². The minimum atomic E-state index is -1.17. The van der Waals surface area contributed by atoms with Crippen molar-refractivity contribution in [3.8, 4) is 17.2 Å². The zero-order chi connectivity index (χ0) is 22.2. The first-order valence-electron chi connectivity index (χ1n) is 9.28. The van der Waals surface area contributed by atoms with Gasteiger partial charge in [0.1, 0.15) is 17.2 Å². The molecule has 1 amide bonds. The summed E-state index contributed by atoms with van der Waals surface area (Å²) in [7, 11) is 0. The van der Waals surface area contributed by atoms with E-state index in [1.165, 1.54) is 31.2 Å². The summed E-state index contributed by atoms with van der Waals surface area (Å²) >= 11 is 0. The Bertz CT molecular complexity index is 1120. The van der Waals surface area contributed by atoms with Crippen molar-refractivity contribution < 1.29 is 29.0 Å². The Labute approximate surface area is 178 Å². The molecule has 0 aliphatic heterocycles. The van der Waals surface area contributed by atoms with Gasteiger partial charge in [-0.15, -0.1) is 0 Å². The number of carboxylic acid groups (broad SMARTS) is 1. The van der Waals surface area contributed by atoms with Crippen LogP contribution < -0.4 is 14.8 Å². The van der Waals surface area contributed by atoms with Crippen molar-refractivity contribution in [3.05, 3.63) is 90.0 Å². The predicted molar refractivity (Wildman–Crippen MR) is 115 cm³/mol. The second-order valence-corrected chi connectivity index (χ2v) is 6.41. The van der Waals surface area contributed by atoms with E-state index in [0.717, 1.165) is 0 Å². The lowest BCUT2D eigenvalue weighted by molar-refractivity contribution is -0.131. The molecule has 156 valence electrons. The lowest BCUT2D eigenvalue weighted by Crippen LogP contribution is -2.12. The Hall–Kier alpha value is -4.39. The van der Waals surface area contributed by atoms with Crippen LogP contribution in [0, 0.1) is 0 Å². The van der Waals surface area contributed by atoms with Crippen molar-refractivity contribution in [2.75, 3.05) is 5.32 Å². The molecule has 0 heterocycles. The predicted octanol–water partition coefficient (Wildman–Crippen LogP) is 4.75. The molecule has 0 saturated heterocycles. The van der Waals surface area contributed by atoms with Gasteiger partial charge >= 0.3 is 11.9 Å². The molecule has 0 aliphatic carbocycles. The van der Waals surface area contributed by atoms with Gasteiger partial charge in [-0.25, -0.2) is 4.79 Å². The van der Waals surface area contributed by atoms with Gasteiger partial charge in [-0.2, -0.15) is 0 Å². The van der Waals surface area contributed by atoms with Gasteiger partial charge in [-0.1, -0.05) is 30.3 Å². The number of nitrogens with one attached hydrogen (secondary N) is 1. The molecule has 31 heavy (non-hydrogen) atoms. The molecule has 3 aromatic rings. The maximum Gasteiger partial charge on any atom is 0.337 e. The maximum absolute atomic E-state index is 12.3. The van der Waals surface area contributed by atoms with Crippen LogP contribution in [0.25, 0.3) is 6.08 Å². The van der Waals surface area contributed by atoms with Gasteiger partial charge in [0.2, 0.25) is 5.91 Å². The summed E-state index contributed by atoms with van der Waals surface area (Å²) in [5.41, 5.74) is 0.749. The Balaban J connectivity index is 1.72. The van der Waals surface area contributed by atoms with Crippen LogP contribution in [-0.4, -0.2) is 23.0 Å². The fourth-order valence-corrected chi connectivity index (χ4v) is 2.66. The Morgan fingerprint density at radius 3 is 2.19 bits per heavy atom. The number of carboxylic acids is 1. The molecule has 0 aromatic heterocycles. The van der Waals surface area contributed by atoms with Crippen molar-refractivity contribution in [1.82, 2.24) is 0 Å². The number of carbonyl (C=O) groups is 3. The summed E-state index contributed by atoms with van der Waals surface area (Å²) in [5, 5.41) is 12.0. The Morgan fingerprint density at radius 1 is 0.871 bits per heavy atom. The molecule has 7 heteroatoms. The Morgan fingerprint density at radius 2 is 1.55 bits per heavy atom. The normalized spacial score (nSPS) is 10.5. The molecule has 0 saturated carbocycles. The average molecular weight is 417 g/mol. The van der Waals surface area contributed by atoms with Gasteiger partial charge in [0.25, 0.3) is 0 Å². The number of amides is 1. The highest BCUT2D eigenvalue weighted by molar-refractivity contribution is 6.06. The van der Waals surface area contributed by atoms with Crippen molar-refractivity contribution in [2.45, 2.75) is 6.92 Å². The molecule has 0 fully saturated rings. The van der Waals surface area contributed by atoms with Gasteiger partial charge in [0, 0.05) is 19.1 Å². The summed E-state index contributed by atoms with van der Waals surface area (Å²) in [6.45, 7) is 1.31. The molecular formula is C24H19NO6. The summed E-state index contributed by atoms with van der Waals surface area (Å²) in [6.07, 6.45) is 2.83. The highest BCUT2D eigenvalue weighted by atomic mass is 16.5. The zero-order valence-corrected chi connectivity index (χ0v) is 16.6. The average Bonchev–Trinajstić information content (AvgIpc) is 2.73. The topological polar surface area (TPSA) is 102 Å².